The second-order valence-corrected chi connectivity index (χ2v) is 3.24. The van der Waals surface area contributed by atoms with Gasteiger partial charge in [-0.05, 0) is 42.0 Å². The van der Waals surface area contributed by atoms with Gasteiger partial charge < -0.3 is 10.5 Å². The summed E-state index contributed by atoms with van der Waals surface area (Å²) < 4.78 is 5.22. The number of ether oxygens (including phenoxy) is 1. The van der Waals surface area contributed by atoms with Gasteiger partial charge in [0.05, 0.1) is 6.21 Å². The molecule has 0 aliphatic rings. The second-order valence-electron chi connectivity index (χ2n) is 2.80. The molecule has 0 saturated carbocycles. The summed E-state index contributed by atoms with van der Waals surface area (Å²) in [6, 6.07) is 7.30. The van der Waals surface area contributed by atoms with Crippen molar-refractivity contribution in [2.45, 2.75) is 0 Å². The monoisotopic (exact) mass is 233 g/mol. The van der Waals surface area contributed by atoms with Crippen LogP contribution in [0.4, 0.5) is 0 Å². The van der Waals surface area contributed by atoms with Crippen molar-refractivity contribution in [2.75, 3.05) is 6.61 Å². The van der Waals surface area contributed by atoms with Crippen molar-refractivity contribution in [1.82, 2.24) is 5.43 Å². The van der Waals surface area contributed by atoms with Crippen molar-refractivity contribution >= 4 is 23.5 Å². The SMILES string of the molecule is C#CCOc1ccc(/C=N\NC(N)=S)cc1. The van der Waals surface area contributed by atoms with Crippen LogP contribution < -0.4 is 15.9 Å². The zero-order valence-corrected chi connectivity index (χ0v) is 9.33. The van der Waals surface area contributed by atoms with Gasteiger partial charge >= 0.3 is 0 Å². The van der Waals surface area contributed by atoms with Gasteiger partial charge in [-0.1, -0.05) is 5.92 Å². The number of nitrogens with one attached hydrogen (secondary N) is 1. The topological polar surface area (TPSA) is 59.6 Å². The minimum Gasteiger partial charge on any atom is -0.481 e. The van der Waals surface area contributed by atoms with E-state index in [9.17, 15) is 0 Å². The predicted octanol–water partition coefficient (Wildman–Crippen LogP) is 0.866. The first-order chi connectivity index (χ1) is 7.72. The van der Waals surface area contributed by atoms with E-state index in [0.717, 1.165) is 11.3 Å². The third-order valence-electron chi connectivity index (χ3n) is 1.59. The average Bonchev–Trinajstić information content (AvgIpc) is 2.27. The molecule has 0 saturated heterocycles. The van der Waals surface area contributed by atoms with Crippen LogP contribution >= 0.6 is 12.2 Å². The molecule has 0 bridgehead atoms. The molecule has 0 radical (unpaired) electrons. The molecule has 0 unspecified atom stereocenters. The summed E-state index contributed by atoms with van der Waals surface area (Å²) in [6.45, 7) is 0.260. The predicted molar refractivity (Wildman–Crippen MR) is 68.3 cm³/mol. The van der Waals surface area contributed by atoms with E-state index < -0.39 is 0 Å². The summed E-state index contributed by atoms with van der Waals surface area (Å²) >= 11 is 4.59. The standard InChI is InChI=1S/C11H11N3OS/c1-2-7-15-10-5-3-9(4-6-10)8-13-14-11(12)16/h1,3-6,8H,7H2,(H3,12,14,16)/b13-8-. The molecular weight excluding hydrogens is 222 g/mol. The average molecular weight is 233 g/mol. The lowest BCUT2D eigenvalue weighted by molar-refractivity contribution is 0.370. The Morgan fingerprint density at radius 2 is 2.25 bits per heavy atom. The number of benzene rings is 1. The number of thiocarbonyl (C=S) groups is 1. The Bertz CT molecular complexity index is 420. The van der Waals surface area contributed by atoms with Crippen LogP contribution in [0, 0.1) is 12.3 Å². The third kappa shape index (κ3) is 4.44. The first kappa shape index (κ1) is 12.0. The Labute approximate surface area is 99.5 Å². The number of terminal acetylenes is 1. The summed E-state index contributed by atoms with van der Waals surface area (Å²) in [5.74, 6) is 3.11. The van der Waals surface area contributed by atoms with E-state index in [1.807, 2.05) is 12.1 Å². The second kappa shape index (κ2) is 6.43. The van der Waals surface area contributed by atoms with E-state index in [2.05, 4.69) is 28.7 Å². The summed E-state index contributed by atoms with van der Waals surface area (Å²) in [6.07, 6.45) is 6.67. The molecule has 0 aromatic heterocycles. The molecule has 1 rings (SSSR count). The Morgan fingerprint density at radius 3 is 2.81 bits per heavy atom. The highest BCUT2D eigenvalue weighted by molar-refractivity contribution is 7.80. The van der Waals surface area contributed by atoms with E-state index in [4.69, 9.17) is 16.9 Å². The normalized spacial score (nSPS) is 9.69. The fourth-order valence-electron chi connectivity index (χ4n) is 0.946. The molecule has 3 N–H and O–H groups in total. The van der Waals surface area contributed by atoms with Crippen molar-refractivity contribution in [3.05, 3.63) is 29.8 Å². The molecule has 4 nitrogen and oxygen atoms in total. The van der Waals surface area contributed by atoms with Crippen LogP contribution in [0.1, 0.15) is 5.56 Å². The van der Waals surface area contributed by atoms with Gasteiger partial charge in [-0.25, -0.2) is 0 Å². The number of hydrazone groups is 1. The van der Waals surface area contributed by atoms with Crippen LogP contribution in [0.5, 0.6) is 5.75 Å². The van der Waals surface area contributed by atoms with Gasteiger partial charge in [0.25, 0.3) is 0 Å². The van der Waals surface area contributed by atoms with Crippen molar-refractivity contribution in [2.24, 2.45) is 10.8 Å². The number of hydrogen-bond acceptors (Lipinski definition) is 3. The number of nitrogens with two attached hydrogens (primary N) is 1. The zero-order chi connectivity index (χ0) is 11.8. The molecule has 0 heterocycles. The molecule has 1 aromatic rings. The quantitative estimate of drug-likeness (QED) is 0.350. The van der Waals surface area contributed by atoms with Gasteiger partial charge in [-0.3, -0.25) is 5.43 Å². The third-order valence-corrected chi connectivity index (χ3v) is 1.68. The summed E-state index contributed by atoms with van der Waals surface area (Å²) in [5, 5.41) is 3.95. The van der Waals surface area contributed by atoms with Gasteiger partial charge in [0.1, 0.15) is 12.4 Å². The van der Waals surface area contributed by atoms with Gasteiger partial charge in [0.15, 0.2) is 5.11 Å². The van der Waals surface area contributed by atoms with E-state index in [1.54, 1.807) is 18.3 Å². The molecule has 0 atom stereocenters. The fourth-order valence-corrected chi connectivity index (χ4v) is 0.998. The highest BCUT2D eigenvalue weighted by Crippen LogP contribution is 2.10. The Kier molecular flexibility index (Phi) is 4.83. The zero-order valence-electron chi connectivity index (χ0n) is 8.51. The van der Waals surface area contributed by atoms with E-state index in [0.29, 0.717) is 0 Å². The molecule has 0 amide bonds. The lowest BCUT2D eigenvalue weighted by atomic mass is 10.2. The maximum Gasteiger partial charge on any atom is 0.184 e. The van der Waals surface area contributed by atoms with Crippen molar-refractivity contribution < 1.29 is 4.74 Å². The van der Waals surface area contributed by atoms with Crippen molar-refractivity contribution in [3.63, 3.8) is 0 Å². The Balaban J connectivity index is 2.54. The maximum absolute atomic E-state index is 5.22. The van der Waals surface area contributed by atoms with Gasteiger partial charge in [0.2, 0.25) is 0 Å². The molecule has 0 aliphatic heterocycles. The number of nitrogens with zero attached hydrogens (tertiary/aromatic N) is 1. The van der Waals surface area contributed by atoms with Gasteiger partial charge in [0, 0.05) is 0 Å². The fraction of sp³-hybridized carbons (Fsp3) is 0.0909. The molecule has 0 spiro atoms. The van der Waals surface area contributed by atoms with Crippen LogP contribution in [0.25, 0.3) is 0 Å². The van der Waals surface area contributed by atoms with E-state index in [-0.39, 0.29) is 11.7 Å². The van der Waals surface area contributed by atoms with Gasteiger partial charge in [-0.15, -0.1) is 6.42 Å². The molecule has 1 aromatic carbocycles. The Hall–Kier alpha value is -2.06. The van der Waals surface area contributed by atoms with Crippen LogP contribution in [0.2, 0.25) is 0 Å². The first-order valence-electron chi connectivity index (χ1n) is 4.47. The minimum atomic E-state index is 0.130. The largest absolute Gasteiger partial charge is 0.481 e. The van der Waals surface area contributed by atoms with Crippen LogP contribution in [0.3, 0.4) is 0 Å². The molecular formula is C11H11N3OS. The lowest BCUT2D eigenvalue weighted by Crippen LogP contribution is -2.23. The smallest absolute Gasteiger partial charge is 0.184 e. The molecule has 0 fully saturated rings. The van der Waals surface area contributed by atoms with Crippen LogP contribution in [-0.2, 0) is 0 Å². The molecule has 16 heavy (non-hydrogen) atoms. The summed E-state index contributed by atoms with van der Waals surface area (Å²) in [7, 11) is 0. The highest BCUT2D eigenvalue weighted by Gasteiger charge is 1.92. The first-order valence-corrected chi connectivity index (χ1v) is 4.88. The molecule has 82 valence electrons. The van der Waals surface area contributed by atoms with E-state index in [1.165, 1.54) is 0 Å². The highest BCUT2D eigenvalue weighted by atomic mass is 32.1. The maximum atomic E-state index is 5.22. The molecule has 0 aliphatic carbocycles. The number of hydrogen-bond donors (Lipinski definition) is 2. The Morgan fingerprint density at radius 1 is 1.56 bits per heavy atom. The van der Waals surface area contributed by atoms with Crippen LogP contribution in [0.15, 0.2) is 29.4 Å². The van der Waals surface area contributed by atoms with Gasteiger partial charge in [-0.2, -0.15) is 5.10 Å². The number of rotatable bonds is 4. The lowest BCUT2D eigenvalue weighted by Gasteiger charge is -2.01. The summed E-state index contributed by atoms with van der Waals surface area (Å²) in [4.78, 5) is 0. The van der Waals surface area contributed by atoms with E-state index >= 15 is 0 Å². The minimum absolute atomic E-state index is 0.130. The summed E-state index contributed by atoms with van der Waals surface area (Å²) in [5.41, 5.74) is 8.57. The van der Waals surface area contributed by atoms with Crippen molar-refractivity contribution in [3.8, 4) is 18.1 Å². The van der Waals surface area contributed by atoms with Crippen LogP contribution in [-0.4, -0.2) is 17.9 Å². The molecule has 5 heteroatoms. The van der Waals surface area contributed by atoms with Crippen molar-refractivity contribution in [1.29, 1.82) is 0 Å².